The van der Waals surface area contributed by atoms with Crippen molar-refractivity contribution >= 4 is 5.91 Å². The molecule has 16 heavy (non-hydrogen) atoms. The second-order valence-corrected chi connectivity index (χ2v) is 5.07. The number of piperidine rings is 2. The molecule has 2 rings (SSSR count). The fourth-order valence-electron chi connectivity index (χ4n) is 2.95. The molecule has 0 aliphatic carbocycles. The third kappa shape index (κ3) is 3.19. The molecule has 2 saturated heterocycles. The predicted molar refractivity (Wildman–Crippen MR) is 64.1 cm³/mol. The van der Waals surface area contributed by atoms with Gasteiger partial charge in [0, 0.05) is 19.1 Å². The van der Waals surface area contributed by atoms with Crippen LogP contribution in [0, 0.1) is 0 Å². The van der Waals surface area contributed by atoms with Crippen molar-refractivity contribution in [2.45, 2.75) is 38.1 Å². The number of nitrogens with zero attached hydrogens (tertiary/aromatic N) is 2. The summed E-state index contributed by atoms with van der Waals surface area (Å²) in [4.78, 5) is 15.6. The Bertz CT molecular complexity index is 230. The summed E-state index contributed by atoms with van der Waals surface area (Å²) in [6.45, 7) is 5.06. The van der Waals surface area contributed by atoms with Crippen molar-refractivity contribution in [2.75, 3.05) is 32.7 Å². The topological polar surface area (TPSA) is 49.6 Å². The molecule has 2 N–H and O–H groups in total. The molecule has 2 fully saturated rings. The molecule has 0 aromatic carbocycles. The molecule has 0 saturated carbocycles. The Labute approximate surface area is 97.8 Å². The first kappa shape index (κ1) is 11.9. The summed E-state index contributed by atoms with van der Waals surface area (Å²) in [6.07, 6.45) is 6.53. The molecule has 0 aromatic rings. The number of amides is 1. The number of carbonyl (C=O) groups excluding carboxylic acids is 1. The molecule has 92 valence electrons. The summed E-state index contributed by atoms with van der Waals surface area (Å²) in [7, 11) is 0. The zero-order valence-electron chi connectivity index (χ0n) is 10.0. The molecule has 4 heteroatoms. The van der Waals surface area contributed by atoms with Crippen LogP contribution in [0.3, 0.4) is 0 Å². The number of hydrogen-bond acceptors (Lipinski definition) is 3. The van der Waals surface area contributed by atoms with Gasteiger partial charge >= 0.3 is 0 Å². The van der Waals surface area contributed by atoms with Crippen LogP contribution in [-0.2, 0) is 4.79 Å². The molecular weight excluding hydrogens is 202 g/mol. The van der Waals surface area contributed by atoms with Crippen molar-refractivity contribution in [1.29, 1.82) is 0 Å². The van der Waals surface area contributed by atoms with Crippen molar-refractivity contribution in [2.24, 2.45) is 5.73 Å². The summed E-state index contributed by atoms with van der Waals surface area (Å²) < 4.78 is 0. The van der Waals surface area contributed by atoms with Gasteiger partial charge in [0.2, 0.25) is 5.91 Å². The molecule has 0 atom stereocenters. The van der Waals surface area contributed by atoms with Gasteiger partial charge in [0.05, 0.1) is 6.54 Å². The zero-order valence-corrected chi connectivity index (χ0v) is 10.0. The highest BCUT2D eigenvalue weighted by molar-refractivity contribution is 5.75. The van der Waals surface area contributed by atoms with E-state index in [0.29, 0.717) is 6.54 Å². The van der Waals surface area contributed by atoms with Gasteiger partial charge in [-0.1, -0.05) is 6.42 Å². The van der Waals surface area contributed by atoms with E-state index in [9.17, 15) is 4.79 Å². The van der Waals surface area contributed by atoms with E-state index in [-0.39, 0.29) is 5.91 Å². The molecule has 0 unspecified atom stereocenters. The third-order valence-electron chi connectivity index (χ3n) is 3.84. The van der Waals surface area contributed by atoms with E-state index in [2.05, 4.69) is 9.80 Å². The van der Waals surface area contributed by atoms with Gasteiger partial charge in [-0.2, -0.15) is 0 Å². The smallest absolute Gasteiger partial charge is 0.231 e. The zero-order chi connectivity index (χ0) is 11.4. The highest BCUT2D eigenvalue weighted by Crippen LogP contribution is 2.20. The van der Waals surface area contributed by atoms with E-state index in [1.165, 1.54) is 45.2 Å². The minimum absolute atomic E-state index is 0.198. The number of carbonyl (C=O) groups is 1. The average Bonchev–Trinajstić information content (AvgIpc) is 2.30. The highest BCUT2D eigenvalue weighted by Gasteiger charge is 2.25. The van der Waals surface area contributed by atoms with Crippen molar-refractivity contribution in [1.82, 2.24) is 9.80 Å². The monoisotopic (exact) mass is 225 g/mol. The van der Waals surface area contributed by atoms with Gasteiger partial charge in [-0.25, -0.2) is 0 Å². The van der Waals surface area contributed by atoms with Crippen molar-refractivity contribution in [3.63, 3.8) is 0 Å². The van der Waals surface area contributed by atoms with Crippen molar-refractivity contribution < 1.29 is 4.79 Å². The first-order valence-corrected chi connectivity index (χ1v) is 6.50. The van der Waals surface area contributed by atoms with E-state index in [0.717, 1.165) is 19.1 Å². The van der Waals surface area contributed by atoms with E-state index < -0.39 is 0 Å². The van der Waals surface area contributed by atoms with Crippen LogP contribution in [0.1, 0.15) is 32.1 Å². The Hall–Kier alpha value is -0.610. The Morgan fingerprint density at radius 1 is 1.06 bits per heavy atom. The first-order chi connectivity index (χ1) is 7.75. The molecule has 4 nitrogen and oxygen atoms in total. The van der Waals surface area contributed by atoms with Gasteiger partial charge in [-0.05, 0) is 38.8 Å². The molecule has 1 amide bonds. The first-order valence-electron chi connectivity index (χ1n) is 6.50. The molecular formula is C12H23N3O. The molecule has 0 radical (unpaired) electrons. The van der Waals surface area contributed by atoms with Crippen molar-refractivity contribution in [3.8, 4) is 0 Å². The second-order valence-electron chi connectivity index (χ2n) is 5.07. The Morgan fingerprint density at radius 2 is 1.69 bits per heavy atom. The normalized spacial score (nSPS) is 25.8. The maximum absolute atomic E-state index is 10.8. The molecule has 2 aliphatic heterocycles. The Balaban J connectivity index is 1.73. The van der Waals surface area contributed by atoms with Gasteiger partial charge in [-0.15, -0.1) is 0 Å². The van der Waals surface area contributed by atoms with Crippen LogP contribution >= 0.6 is 0 Å². The number of hydrogen-bond donors (Lipinski definition) is 1. The second kappa shape index (κ2) is 5.64. The van der Waals surface area contributed by atoms with Gasteiger partial charge in [0.25, 0.3) is 0 Å². The van der Waals surface area contributed by atoms with Crippen LogP contribution in [0.25, 0.3) is 0 Å². The summed E-state index contributed by atoms with van der Waals surface area (Å²) in [5, 5.41) is 0. The summed E-state index contributed by atoms with van der Waals surface area (Å²) in [5.41, 5.74) is 5.21. The quantitative estimate of drug-likeness (QED) is 0.757. The molecule has 2 aliphatic rings. The molecule has 0 aromatic heterocycles. The fourth-order valence-corrected chi connectivity index (χ4v) is 2.95. The molecule has 0 spiro atoms. The van der Waals surface area contributed by atoms with Crippen LogP contribution < -0.4 is 5.73 Å². The van der Waals surface area contributed by atoms with E-state index in [1.807, 2.05) is 0 Å². The number of rotatable bonds is 3. The number of nitrogens with two attached hydrogens (primary N) is 1. The van der Waals surface area contributed by atoms with Gasteiger partial charge < -0.3 is 10.6 Å². The minimum Gasteiger partial charge on any atom is -0.369 e. The predicted octanol–water partition coefficient (Wildman–Crippen LogP) is 0.422. The molecule has 2 heterocycles. The minimum atomic E-state index is -0.198. The molecule has 0 bridgehead atoms. The largest absolute Gasteiger partial charge is 0.369 e. The highest BCUT2D eigenvalue weighted by atomic mass is 16.1. The van der Waals surface area contributed by atoms with Crippen LogP contribution in [0.2, 0.25) is 0 Å². The van der Waals surface area contributed by atoms with Gasteiger partial charge in [0.1, 0.15) is 0 Å². The van der Waals surface area contributed by atoms with Gasteiger partial charge in [0.15, 0.2) is 0 Å². The maximum atomic E-state index is 10.8. The van der Waals surface area contributed by atoms with Gasteiger partial charge in [-0.3, -0.25) is 9.69 Å². The summed E-state index contributed by atoms with van der Waals surface area (Å²) in [6, 6.07) is 0.754. The average molecular weight is 225 g/mol. The van der Waals surface area contributed by atoms with Crippen LogP contribution in [0.5, 0.6) is 0 Å². The van der Waals surface area contributed by atoms with Crippen molar-refractivity contribution in [3.05, 3.63) is 0 Å². The lowest BCUT2D eigenvalue weighted by Gasteiger charge is -2.39. The Kier molecular flexibility index (Phi) is 4.18. The van der Waals surface area contributed by atoms with E-state index in [4.69, 9.17) is 5.73 Å². The lowest BCUT2D eigenvalue weighted by Crippen LogP contribution is -2.48. The number of likely N-dealkylation sites (tertiary alicyclic amines) is 2. The van der Waals surface area contributed by atoms with Crippen LogP contribution in [0.15, 0.2) is 0 Å². The lowest BCUT2D eigenvalue weighted by molar-refractivity contribution is -0.119. The SMILES string of the molecule is NC(=O)CN1CCC(N2CCCCC2)CC1. The lowest BCUT2D eigenvalue weighted by atomic mass is 10.00. The number of primary amides is 1. The van der Waals surface area contributed by atoms with Crippen LogP contribution in [-0.4, -0.2) is 54.5 Å². The van der Waals surface area contributed by atoms with E-state index >= 15 is 0 Å². The fraction of sp³-hybridized carbons (Fsp3) is 0.917. The third-order valence-corrected chi connectivity index (χ3v) is 3.84. The van der Waals surface area contributed by atoms with E-state index in [1.54, 1.807) is 0 Å². The summed E-state index contributed by atoms with van der Waals surface area (Å²) >= 11 is 0. The Morgan fingerprint density at radius 3 is 2.25 bits per heavy atom. The van der Waals surface area contributed by atoms with Crippen LogP contribution in [0.4, 0.5) is 0 Å². The summed E-state index contributed by atoms with van der Waals surface area (Å²) in [5.74, 6) is -0.198. The standard InChI is InChI=1S/C12H23N3O/c13-12(16)10-14-8-4-11(5-9-14)15-6-2-1-3-7-15/h11H,1-10H2,(H2,13,16). The maximum Gasteiger partial charge on any atom is 0.231 e.